The van der Waals surface area contributed by atoms with Crippen molar-refractivity contribution in [1.82, 2.24) is 0 Å². The van der Waals surface area contributed by atoms with E-state index in [1.54, 1.807) is 0 Å². The number of furan rings is 1. The molecule has 0 spiro atoms. The van der Waals surface area contributed by atoms with E-state index in [0.29, 0.717) is 0 Å². The molecule has 0 amide bonds. The Hall–Kier alpha value is -4.49. The fraction of sp³-hybridized carbons (Fsp3) is 0. The van der Waals surface area contributed by atoms with Crippen LogP contribution in [0.15, 0.2) is 4.42 Å². The Kier molecular flexibility index (Phi) is 14.3. The number of benzene rings is 9. The van der Waals surface area contributed by atoms with Crippen molar-refractivity contribution < 1.29 is 4.42 Å². The molecule has 9 aromatic carbocycles. The van der Waals surface area contributed by atoms with Crippen LogP contribution >= 0.6 is 0 Å². The lowest BCUT2D eigenvalue weighted by Gasteiger charge is -2.33. The predicted molar refractivity (Wildman–Crippen MR) is 370 cm³/mol. The Morgan fingerprint density at radius 1 is 0.114 bits per heavy atom. The molecular weight excluding hydrogens is 917 g/mol. The maximum atomic E-state index is 7.19. The summed E-state index contributed by atoms with van der Waals surface area (Å²) in [6.07, 6.45) is 0. The summed E-state index contributed by atoms with van der Waals surface area (Å²) in [4.78, 5) is 0. The van der Waals surface area contributed by atoms with E-state index in [1.165, 1.54) is 0 Å². The molecule has 31 heteroatoms. The highest BCUT2D eigenvalue weighted by Gasteiger charge is 2.32. The van der Waals surface area contributed by atoms with Gasteiger partial charge in [-0.05, 0) is 71.4 Å². The van der Waals surface area contributed by atoms with E-state index in [4.69, 9.17) is 240 Å². The number of rotatable bonds is 4. The second-order valence-electron chi connectivity index (χ2n) is 19.2. The molecule has 10 rings (SSSR count). The summed E-state index contributed by atoms with van der Waals surface area (Å²) in [6, 6.07) is 0. The lowest BCUT2D eigenvalue weighted by Crippen LogP contribution is -2.57. The number of hydrogen-bond donors (Lipinski definition) is 0. The van der Waals surface area contributed by atoms with Crippen molar-refractivity contribution in [1.29, 1.82) is 0 Å². The summed E-state index contributed by atoms with van der Waals surface area (Å²) in [5, 5.41) is 0.143. The standard InChI is InChI=1S/C48B30O/c49-17-3-1(7-8-15-34(66)30(62)14-16(35(67)43(75)40(72)33(14)65)47(15)79-48(8)46(78)44(76)21(7)53)4-6(20(52)39(71)37(69)18(4)50)2(5(3)19(51)38(70)36(17)68)9-22(54)24(56)10(25(57)23(9)55)11-26(58)28(60)12(29(61)27(11)59)13-31(63)41(73)45(77)42(74)32(13)64. The Bertz CT molecular complexity index is 4430. The first-order chi connectivity index (χ1) is 36.8. The zero-order valence-electron chi connectivity index (χ0n) is 41.7. The van der Waals surface area contributed by atoms with E-state index in [0.717, 1.165) is 0 Å². The molecule has 0 aliphatic heterocycles. The molecule has 60 radical (unpaired) electrons. The van der Waals surface area contributed by atoms with Crippen LogP contribution in [0.1, 0.15) is 0 Å². The molecule has 1 aromatic heterocycles. The third kappa shape index (κ3) is 7.52. The minimum atomic E-state index is -0.308. The smallest absolute Gasteiger partial charge is 0.141 e. The summed E-state index contributed by atoms with van der Waals surface area (Å²) in [6.45, 7) is 0. The van der Waals surface area contributed by atoms with Crippen LogP contribution in [0.25, 0.3) is 98.8 Å². The van der Waals surface area contributed by atoms with Gasteiger partial charge in [0, 0.05) is 16.2 Å². The third-order valence-electron chi connectivity index (χ3n) is 15.3. The molecule has 0 fully saturated rings. The normalized spacial score (nSPS) is 11.8. The maximum absolute atomic E-state index is 7.19. The fourth-order valence-corrected chi connectivity index (χ4v) is 11.0. The van der Waals surface area contributed by atoms with E-state index in [1.807, 2.05) is 0 Å². The Balaban J connectivity index is 1.43. The molecule has 0 aliphatic rings. The average molecular weight is 917 g/mol. The Morgan fingerprint density at radius 3 is 0.620 bits per heavy atom. The average Bonchev–Trinajstić information content (AvgIpc) is 4.04. The van der Waals surface area contributed by atoms with Gasteiger partial charge in [0.05, 0.1) is 0 Å². The molecule has 0 saturated heterocycles. The molecule has 0 unspecified atom stereocenters. The van der Waals surface area contributed by atoms with Gasteiger partial charge in [-0.1, -0.05) is 109 Å². The van der Waals surface area contributed by atoms with Crippen molar-refractivity contribution in [2.45, 2.75) is 0 Å². The first-order valence-electron chi connectivity index (χ1n) is 23.1. The Morgan fingerprint density at radius 2 is 0.291 bits per heavy atom. The quantitative estimate of drug-likeness (QED) is 0.127. The second kappa shape index (κ2) is 19.6. The van der Waals surface area contributed by atoms with Crippen LogP contribution in [-0.2, 0) is 0 Å². The van der Waals surface area contributed by atoms with Gasteiger partial charge in [-0.15, -0.1) is 54.6 Å². The SMILES string of the molecule is [B]c1c([B])c([B])c(-c2c([B])c([B])c(-c3c([B])c([B])c(-c4c5c([B])c([B])c([B])c([B])c5c(-c5c([B])c([B])c([B])c6oc7c8c([B])c([B])c([B])c([B])c8c([B])c([B])c7c56)c5c([B])c([B])c([B])c([B])c45)c([B])c3[B])c([B])c2[B])c([B])c1[B]. The van der Waals surface area contributed by atoms with Gasteiger partial charge >= 0.3 is 0 Å². The summed E-state index contributed by atoms with van der Waals surface area (Å²) < 4.78 is 6.61. The predicted octanol–water partition coefficient (Wildman–Crippen LogP) is -22.5. The van der Waals surface area contributed by atoms with Crippen LogP contribution in [0.3, 0.4) is 0 Å². The van der Waals surface area contributed by atoms with Crippen LogP contribution in [0, 0.1) is 0 Å². The van der Waals surface area contributed by atoms with Gasteiger partial charge in [0.1, 0.15) is 247 Å². The van der Waals surface area contributed by atoms with Gasteiger partial charge in [-0.2, -0.15) is 0 Å². The van der Waals surface area contributed by atoms with Gasteiger partial charge < -0.3 is 4.42 Å². The first kappa shape index (κ1) is 57.7. The summed E-state index contributed by atoms with van der Waals surface area (Å²) in [5.74, 6) is 0. The highest BCUT2D eigenvalue weighted by Crippen LogP contribution is 2.43. The molecule has 0 N–H and O–H groups in total. The second-order valence-corrected chi connectivity index (χ2v) is 19.2. The highest BCUT2D eigenvalue weighted by molar-refractivity contribution is 6.77. The summed E-state index contributed by atoms with van der Waals surface area (Å²) in [5.41, 5.74) is -6.25. The third-order valence-corrected chi connectivity index (χ3v) is 15.3. The van der Waals surface area contributed by atoms with Crippen molar-refractivity contribution in [3.05, 3.63) is 0 Å². The first-order valence-corrected chi connectivity index (χ1v) is 23.1. The van der Waals surface area contributed by atoms with E-state index in [9.17, 15) is 0 Å². The Labute approximate surface area is 498 Å². The van der Waals surface area contributed by atoms with Crippen molar-refractivity contribution in [3.63, 3.8) is 0 Å². The van der Waals surface area contributed by atoms with Gasteiger partial charge in [-0.25, -0.2) is 0 Å². The van der Waals surface area contributed by atoms with E-state index in [2.05, 4.69) is 0 Å². The van der Waals surface area contributed by atoms with Crippen molar-refractivity contribution in [3.8, 4) is 44.5 Å². The summed E-state index contributed by atoms with van der Waals surface area (Å²) >= 11 is 0. The van der Waals surface area contributed by atoms with Crippen molar-refractivity contribution in [2.24, 2.45) is 0 Å². The molecular formula is C48B30O. The van der Waals surface area contributed by atoms with Crippen molar-refractivity contribution in [2.75, 3.05) is 0 Å². The van der Waals surface area contributed by atoms with E-state index in [-0.39, 0.29) is 263 Å². The molecule has 10 aromatic rings. The van der Waals surface area contributed by atoms with Crippen LogP contribution in [-0.4, -0.2) is 235 Å². The van der Waals surface area contributed by atoms with E-state index >= 15 is 0 Å². The van der Waals surface area contributed by atoms with Crippen LogP contribution < -0.4 is 164 Å². The monoisotopic (exact) mass is 922 g/mol. The largest absolute Gasteiger partial charge is 0.456 e. The number of fused-ring (bicyclic) bond motifs is 7. The molecule has 1 heterocycles. The van der Waals surface area contributed by atoms with Gasteiger partial charge in [0.15, 0.2) is 0 Å². The maximum Gasteiger partial charge on any atom is 0.141 e. The molecule has 0 saturated carbocycles. The zero-order valence-corrected chi connectivity index (χ0v) is 41.7. The highest BCUT2D eigenvalue weighted by atomic mass is 16.3. The van der Waals surface area contributed by atoms with Gasteiger partial charge in [0.2, 0.25) is 0 Å². The summed E-state index contributed by atoms with van der Waals surface area (Å²) in [7, 11) is 203. The molecule has 0 atom stereocenters. The molecule has 0 bridgehead atoms. The molecule has 288 valence electrons. The van der Waals surface area contributed by atoms with Crippen LogP contribution in [0.4, 0.5) is 0 Å². The van der Waals surface area contributed by atoms with Crippen molar-refractivity contribution >= 4 is 454 Å². The minimum absolute atomic E-state index is 0.00732. The van der Waals surface area contributed by atoms with Gasteiger partial charge in [-0.3, -0.25) is 0 Å². The number of hydrogen-bond acceptors (Lipinski definition) is 1. The van der Waals surface area contributed by atoms with Crippen LogP contribution in [0.5, 0.6) is 0 Å². The minimum Gasteiger partial charge on any atom is -0.456 e. The van der Waals surface area contributed by atoms with Gasteiger partial charge in [0.25, 0.3) is 0 Å². The van der Waals surface area contributed by atoms with Crippen LogP contribution in [0.2, 0.25) is 0 Å². The lowest BCUT2D eigenvalue weighted by molar-refractivity contribution is 0.676. The zero-order chi connectivity index (χ0) is 58.4. The fourth-order valence-electron chi connectivity index (χ4n) is 11.0. The topological polar surface area (TPSA) is 13.1 Å². The molecule has 0 aliphatic carbocycles. The van der Waals surface area contributed by atoms with E-state index < -0.39 is 0 Å². The lowest BCUT2D eigenvalue weighted by atomic mass is 9.54. The molecule has 79 heavy (non-hydrogen) atoms. The molecule has 1 nitrogen and oxygen atoms in total.